The van der Waals surface area contributed by atoms with E-state index in [-0.39, 0.29) is 0 Å². The molecule has 0 fully saturated rings. The SMILES string of the molecule is CCCCC(CCC)[Si](C)(C)OC. The van der Waals surface area contributed by atoms with Crippen molar-refractivity contribution in [2.24, 2.45) is 0 Å². The van der Waals surface area contributed by atoms with E-state index in [1.807, 2.05) is 7.11 Å². The van der Waals surface area contributed by atoms with Gasteiger partial charge >= 0.3 is 0 Å². The molecule has 0 N–H and O–H groups in total. The highest BCUT2D eigenvalue weighted by molar-refractivity contribution is 6.72. The maximum absolute atomic E-state index is 5.69. The lowest BCUT2D eigenvalue weighted by Gasteiger charge is -2.30. The van der Waals surface area contributed by atoms with Gasteiger partial charge in [0.25, 0.3) is 0 Å². The molecule has 0 heterocycles. The maximum Gasteiger partial charge on any atom is 0.189 e. The molecule has 0 aromatic carbocycles. The van der Waals surface area contributed by atoms with Crippen molar-refractivity contribution in [3.8, 4) is 0 Å². The molecule has 0 saturated carbocycles. The van der Waals surface area contributed by atoms with Gasteiger partial charge in [0.15, 0.2) is 8.32 Å². The Labute approximate surface area is 85.0 Å². The molecule has 2 heteroatoms. The molecule has 1 nitrogen and oxygen atoms in total. The van der Waals surface area contributed by atoms with E-state index in [0.717, 1.165) is 5.54 Å². The first-order valence-corrected chi connectivity index (χ1v) is 8.62. The second-order valence-corrected chi connectivity index (χ2v) is 8.87. The minimum Gasteiger partial charge on any atom is -0.420 e. The van der Waals surface area contributed by atoms with E-state index < -0.39 is 8.32 Å². The van der Waals surface area contributed by atoms with E-state index in [9.17, 15) is 0 Å². The van der Waals surface area contributed by atoms with Gasteiger partial charge in [0, 0.05) is 7.11 Å². The molecule has 0 aliphatic heterocycles. The van der Waals surface area contributed by atoms with Crippen molar-refractivity contribution in [1.82, 2.24) is 0 Å². The summed E-state index contributed by atoms with van der Waals surface area (Å²) < 4.78 is 5.69. The Kier molecular flexibility index (Phi) is 6.69. The number of hydrogen-bond donors (Lipinski definition) is 0. The van der Waals surface area contributed by atoms with Crippen LogP contribution in [0.3, 0.4) is 0 Å². The zero-order valence-electron chi connectivity index (χ0n) is 10.0. The van der Waals surface area contributed by atoms with Gasteiger partial charge in [-0.1, -0.05) is 46.0 Å². The Morgan fingerprint density at radius 1 is 1.08 bits per heavy atom. The molecule has 0 aromatic rings. The molecular weight excluding hydrogens is 176 g/mol. The predicted molar refractivity (Wildman–Crippen MR) is 62.7 cm³/mol. The third-order valence-corrected chi connectivity index (χ3v) is 6.65. The topological polar surface area (TPSA) is 9.23 Å². The zero-order valence-corrected chi connectivity index (χ0v) is 11.0. The van der Waals surface area contributed by atoms with Gasteiger partial charge < -0.3 is 4.43 Å². The lowest BCUT2D eigenvalue weighted by atomic mass is 10.1. The van der Waals surface area contributed by atoms with Crippen LogP contribution in [-0.4, -0.2) is 15.4 Å². The van der Waals surface area contributed by atoms with Gasteiger partial charge in [0.1, 0.15) is 0 Å². The van der Waals surface area contributed by atoms with Crippen LogP contribution < -0.4 is 0 Å². The largest absolute Gasteiger partial charge is 0.420 e. The van der Waals surface area contributed by atoms with Gasteiger partial charge in [-0.15, -0.1) is 0 Å². The van der Waals surface area contributed by atoms with Crippen molar-refractivity contribution < 1.29 is 4.43 Å². The minimum absolute atomic E-state index is 0.863. The van der Waals surface area contributed by atoms with Gasteiger partial charge in [-0.2, -0.15) is 0 Å². The summed E-state index contributed by atoms with van der Waals surface area (Å²) in [6.45, 7) is 9.25. The second-order valence-electron chi connectivity index (χ2n) is 4.44. The lowest BCUT2D eigenvalue weighted by molar-refractivity contribution is 0.378. The molecule has 0 aliphatic carbocycles. The van der Waals surface area contributed by atoms with Crippen LogP contribution in [0.5, 0.6) is 0 Å². The van der Waals surface area contributed by atoms with E-state index in [0.29, 0.717) is 0 Å². The third-order valence-electron chi connectivity index (χ3n) is 3.05. The highest BCUT2D eigenvalue weighted by Gasteiger charge is 2.30. The molecule has 0 saturated heterocycles. The minimum atomic E-state index is -1.36. The first-order chi connectivity index (χ1) is 6.08. The molecule has 0 radical (unpaired) electrons. The molecule has 13 heavy (non-hydrogen) atoms. The van der Waals surface area contributed by atoms with Crippen LogP contribution in [-0.2, 0) is 4.43 Å². The molecule has 0 spiro atoms. The Bertz CT molecular complexity index is 123. The number of unbranched alkanes of at least 4 members (excludes halogenated alkanes) is 1. The third kappa shape index (κ3) is 4.82. The highest BCUT2D eigenvalue weighted by Crippen LogP contribution is 2.32. The van der Waals surface area contributed by atoms with Crippen molar-refractivity contribution in [3.05, 3.63) is 0 Å². The average Bonchev–Trinajstić information content (AvgIpc) is 2.12. The van der Waals surface area contributed by atoms with E-state index in [1.54, 1.807) is 0 Å². The smallest absolute Gasteiger partial charge is 0.189 e. The van der Waals surface area contributed by atoms with Crippen molar-refractivity contribution in [2.45, 2.75) is 64.6 Å². The number of rotatable bonds is 7. The van der Waals surface area contributed by atoms with Crippen LogP contribution in [0.2, 0.25) is 18.6 Å². The van der Waals surface area contributed by atoms with Gasteiger partial charge in [0.2, 0.25) is 0 Å². The molecule has 1 unspecified atom stereocenters. The van der Waals surface area contributed by atoms with Gasteiger partial charge in [-0.05, 0) is 18.6 Å². The quantitative estimate of drug-likeness (QED) is 0.562. The van der Waals surface area contributed by atoms with Crippen molar-refractivity contribution in [3.63, 3.8) is 0 Å². The van der Waals surface area contributed by atoms with Crippen LogP contribution >= 0.6 is 0 Å². The molecular formula is C11H26OSi. The lowest BCUT2D eigenvalue weighted by Crippen LogP contribution is -2.35. The van der Waals surface area contributed by atoms with E-state index in [1.165, 1.54) is 32.1 Å². The summed E-state index contributed by atoms with van der Waals surface area (Å²) in [5.74, 6) is 0. The molecule has 0 aromatic heterocycles. The summed E-state index contributed by atoms with van der Waals surface area (Å²) in [5.41, 5.74) is 0.863. The van der Waals surface area contributed by atoms with Gasteiger partial charge in [-0.3, -0.25) is 0 Å². The molecule has 0 aliphatic rings. The summed E-state index contributed by atoms with van der Waals surface area (Å²) in [7, 11) is 0.525. The van der Waals surface area contributed by atoms with E-state index >= 15 is 0 Å². The Balaban J connectivity index is 4.05. The van der Waals surface area contributed by atoms with Gasteiger partial charge in [-0.25, -0.2) is 0 Å². The highest BCUT2D eigenvalue weighted by atomic mass is 28.4. The van der Waals surface area contributed by atoms with Crippen LogP contribution in [0.4, 0.5) is 0 Å². The second kappa shape index (κ2) is 6.60. The van der Waals surface area contributed by atoms with Crippen LogP contribution in [0.1, 0.15) is 46.0 Å². The molecule has 0 bridgehead atoms. The number of hydrogen-bond acceptors (Lipinski definition) is 1. The summed E-state index contributed by atoms with van der Waals surface area (Å²) >= 11 is 0. The summed E-state index contributed by atoms with van der Waals surface area (Å²) in [4.78, 5) is 0. The molecule has 0 rings (SSSR count). The fraction of sp³-hybridized carbons (Fsp3) is 1.00. The van der Waals surface area contributed by atoms with E-state index in [4.69, 9.17) is 4.43 Å². The van der Waals surface area contributed by atoms with Crippen molar-refractivity contribution in [2.75, 3.05) is 7.11 Å². The normalized spacial score (nSPS) is 14.5. The van der Waals surface area contributed by atoms with Crippen LogP contribution in [0, 0.1) is 0 Å². The Morgan fingerprint density at radius 2 is 1.69 bits per heavy atom. The molecule has 0 amide bonds. The van der Waals surface area contributed by atoms with E-state index in [2.05, 4.69) is 26.9 Å². The summed E-state index contributed by atoms with van der Waals surface area (Å²) in [6.07, 6.45) is 6.71. The predicted octanol–water partition coefficient (Wildman–Crippen LogP) is 4.20. The van der Waals surface area contributed by atoms with Crippen LogP contribution in [0.25, 0.3) is 0 Å². The fourth-order valence-corrected chi connectivity index (χ4v) is 4.02. The van der Waals surface area contributed by atoms with Gasteiger partial charge in [0.05, 0.1) is 0 Å². The first kappa shape index (κ1) is 13.2. The molecule has 80 valence electrons. The maximum atomic E-state index is 5.69. The molecule has 1 atom stereocenters. The Morgan fingerprint density at radius 3 is 2.08 bits per heavy atom. The average molecular weight is 202 g/mol. The Hall–Kier alpha value is 0.177. The first-order valence-electron chi connectivity index (χ1n) is 5.63. The zero-order chi connectivity index (χ0) is 10.3. The van der Waals surface area contributed by atoms with Crippen molar-refractivity contribution in [1.29, 1.82) is 0 Å². The standard InChI is InChI=1S/C11H26OSi/c1-6-8-10-11(9-7-2)13(4,5)12-3/h11H,6-10H2,1-5H3. The monoisotopic (exact) mass is 202 g/mol. The summed E-state index contributed by atoms with van der Waals surface area (Å²) in [6, 6.07) is 0. The fourth-order valence-electron chi connectivity index (χ4n) is 1.81. The summed E-state index contributed by atoms with van der Waals surface area (Å²) in [5, 5.41) is 0. The van der Waals surface area contributed by atoms with Crippen LogP contribution in [0.15, 0.2) is 0 Å². The van der Waals surface area contributed by atoms with Crippen molar-refractivity contribution >= 4 is 8.32 Å².